The van der Waals surface area contributed by atoms with E-state index < -0.39 is 0 Å². The Bertz CT molecular complexity index is 1150. The van der Waals surface area contributed by atoms with Gasteiger partial charge in [-0.2, -0.15) is 5.26 Å². The third kappa shape index (κ3) is 4.50. The van der Waals surface area contributed by atoms with Crippen LogP contribution in [-0.2, 0) is 11.3 Å². The highest BCUT2D eigenvalue weighted by atomic mass is 16.5. The highest BCUT2D eigenvalue weighted by Crippen LogP contribution is 2.32. The summed E-state index contributed by atoms with van der Waals surface area (Å²) in [5.41, 5.74) is 1.67. The number of hydrogen-bond acceptors (Lipinski definition) is 5. The van der Waals surface area contributed by atoms with Crippen LogP contribution in [0.25, 0.3) is 21.9 Å². The summed E-state index contributed by atoms with van der Waals surface area (Å²) in [5.74, 6) is 0.539. The second kappa shape index (κ2) is 9.72. The first kappa shape index (κ1) is 21.1. The maximum atomic E-state index is 13.2. The third-order valence-corrected chi connectivity index (χ3v) is 4.83. The first-order chi connectivity index (χ1) is 14.6. The largest absolute Gasteiger partial charge is 0.497 e. The molecule has 0 unspecified atom stereocenters. The van der Waals surface area contributed by atoms with Gasteiger partial charge in [-0.3, -0.25) is 14.2 Å². The van der Waals surface area contributed by atoms with Gasteiger partial charge in [0.25, 0.3) is 5.56 Å². The Labute approximate surface area is 174 Å². The molecule has 0 saturated heterocycles. The molecule has 2 N–H and O–H groups in total. The number of amides is 1. The summed E-state index contributed by atoms with van der Waals surface area (Å²) < 4.78 is 6.86. The lowest BCUT2D eigenvalue weighted by Gasteiger charge is -2.17. The van der Waals surface area contributed by atoms with E-state index in [1.165, 1.54) is 11.5 Å². The van der Waals surface area contributed by atoms with Crippen molar-refractivity contribution in [2.24, 2.45) is 0 Å². The van der Waals surface area contributed by atoms with Gasteiger partial charge >= 0.3 is 0 Å². The van der Waals surface area contributed by atoms with Crippen LogP contribution in [-0.4, -0.2) is 37.2 Å². The Morgan fingerprint density at radius 1 is 1.10 bits per heavy atom. The normalized spacial score (nSPS) is 10.6. The van der Waals surface area contributed by atoms with Crippen LogP contribution in [0.5, 0.6) is 5.75 Å². The fourth-order valence-electron chi connectivity index (χ4n) is 3.42. The second-order valence-electron chi connectivity index (χ2n) is 6.80. The highest BCUT2D eigenvalue weighted by Gasteiger charge is 2.18. The van der Waals surface area contributed by atoms with Crippen LogP contribution < -0.4 is 20.9 Å². The molecule has 0 bridgehead atoms. The topological polar surface area (TPSA) is 96.2 Å². The molecular weight excluding hydrogens is 380 g/mol. The van der Waals surface area contributed by atoms with E-state index in [9.17, 15) is 14.9 Å². The summed E-state index contributed by atoms with van der Waals surface area (Å²) in [7, 11) is 1.57. The number of fused-ring (bicyclic) bond motifs is 1. The Hall–Kier alpha value is -3.63. The van der Waals surface area contributed by atoms with Gasteiger partial charge in [-0.1, -0.05) is 30.3 Å². The number of aromatic nitrogens is 1. The number of benzene rings is 2. The van der Waals surface area contributed by atoms with Crippen LogP contribution in [0.15, 0.2) is 53.3 Å². The minimum absolute atomic E-state index is 0.0859. The number of nitrogens with one attached hydrogen (secondary N) is 2. The van der Waals surface area contributed by atoms with Gasteiger partial charge in [0.2, 0.25) is 5.91 Å². The van der Waals surface area contributed by atoms with E-state index >= 15 is 0 Å². The number of hydrogen-bond donors (Lipinski definition) is 2. The number of methoxy groups -OCH3 is 1. The highest BCUT2D eigenvalue weighted by molar-refractivity contribution is 5.99. The minimum atomic E-state index is -0.215. The van der Waals surface area contributed by atoms with Gasteiger partial charge in [0.15, 0.2) is 0 Å². The van der Waals surface area contributed by atoms with Gasteiger partial charge in [0.1, 0.15) is 17.5 Å². The van der Waals surface area contributed by atoms with Crippen LogP contribution in [0.2, 0.25) is 0 Å². The van der Waals surface area contributed by atoms with Crippen molar-refractivity contribution in [2.75, 3.05) is 26.7 Å². The Morgan fingerprint density at radius 2 is 1.87 bits per heavy atom. The molecule has 7 heteroatoms. The van der Waals surface area contributed by atoms with Crippen molar-refractivity contribution in [1.29, 1.82) is 5.26 Å². The summed E-state index contributed by atoms with van der Waals surface area (Å²) in [6.45, 7) is 3.37. The summed E-state index contributed by atoms with van der Waals surface area (Å²) in [5, 5.41) is 17.1. The Kier molecular flexibility index (Phi) is 6.83. The predicted octanol–water partition coefficient (Wildman–Crippen LogP) is 2.27. The number of carbonyl (C=O) groups excluding carboxylic acids is 1. The minimum Gasteiger partial charge on any atom is -0.497 e. The van der Waals surface area contributed by atoms with Crippen LogP contribution in [0, 0.1) is 11.3 Å². The molecule has 0 aliphatic carbocycles. The molecule has 3 aromatic rings. The molecule has 0 aliphatic rings. The molecule has 30 heavy (non-hydrogen) atoms. The van der Waals surface area contributed by atoms with E-state index in [1.54, 1.807) is 25.3 Å². The molecule has 1 heterocycles. The lowest BCUT2D eigenvalue weighted by molar-refractivity contribution is -0.118. The fraction of sp³-hybridized carbons (Fsp3) is 0.261. The van der Waals surface area contributed by atoms with Gasteiger partial charge < -0.3 is 15.4 Å². The quantitative estimate of drug-likeness (QED) is 0.562. The van der Waals surface area contributed by atoms with Gasteiger partial charge in [-0.15, -0.1) is 0 Å². The standard InChI is InChI=1S/C23H24N4O3/c1-16(28)26-11-10-25-12-13-27-21(15-24)22(17-6-4-3-5-7-17)20-14-18(30-2)8-9-19(20)23(27)29/h3-9,14,25H,10-13H2,1-2H3,(H,26,28). The second-order valence-corrected chi connectivity index (χ2v) is 6.80. The number of nitrogens with zero attached hydrogens (tertiary/aromatic N) is 2. The van der Waals surface area contributed by atoms with Crippen molar-refractivity contribution in [3.05, 3.63) is 64.6 Å². The predicted molar refractivity (Wildman–Crippen MR) is 116 cm³/mol. The number of ether oxygens (including phenoxy) is 1. The average Bonchev–Trinajstić information content (AvgIpc) is 2.77. The fourth-order valence-corrected chi connectivity index (χ4v) is 3.42. The summed E-state index contributed by atoms with van der Waals surface area (Å²) in [6, 6.07) is 17.1. The molecule has 154 valence electrons. The first-order valence-corrected chi connectivity index (χ1v) is 9.72. The number of rotatable bonds is 8. The van der Waals surface area contributed by atoms with Crippen LogP contribution in [0.1, 0.15) is 12.6 Å². The number of pyridine rings is 1. The van der Waals surface area contributed by atoms with Crippen LogP contribution >= 0.6 is 0 Å². The smallest absolute Gasteiger partial charge is 0.259 e. The van der Waals surface area contributed by atoms with Crippen molar-refractivity contribution in [3.8, 4) is 22.9 Å². The maximum absolute atomic E-state index is 13.2. The molecule has 2 aromatic carbocycles. The third-order valence-electron chi connectivity index (χ3n) is 4.83. The van der Waals surface area contributed by atoms with Crippen LogP contribution in [0.4, 0.5) is 0 Å². The summed E-state index contributed by atoms with van der Waals surface area (Å²) >= 11 is 0. The summed E-state index contributed by atoms with van der Waals surface area (Å²) in [6.07, 6.45) is 0. The molecule has 0 atom stereocenters. The molecule has 3 rings (SSSR count). The molecular formula is C23H24N4O3. The van der Waals surface area contributed by atoms with E-state index in [0.717, 1.165) is 5.56 Å². The first-order valence-electron chi connectivity index (χ1n) is 9.72. The Morgan fingerprint density at radius 3 is 2.53 bits per heavy atom. The average molecular weight is 404 g/mol. The SMILES string of the molecule is COc1ccc2c(=O)n(CCNCCNC(C)=O)c(C#N)c(-c3ccccc3)c2c1. The molecule has 0 aliphatic heterocycles. The molecule has 0 radical (unpaired) electrons. The zero-order valence-corrected chi connectivity index (χ0v) is 17.1. The van der Waals surface area contributed by atoms with Crippen LogP contribution in [0.3, 0.4) is 0 Å². The van der Waals surface area contributed by atoms with E-state index in [0.29, 0.717) is 54.0 Å². The number of nitriles is 1. The van der Waals surface area contributed by atoms with Gasteiger partial charge in [0, 0.05) is 49.4 Å². The maximum Gasteiger partial charge on any atom is 0.259 e. The molecule has 1 aromatic heterocycles. The zero-order valence-electron chi connectivity index (χ0n) is 17.1. The molecule has 0 spiro atoms. The zero-order chi connectivity index (χ0) is 21.5. The van der Waals surface area contributed by atoms with Crippen molar-refractivity contribution >= 4 is 16.7 Å². The lowest BCUT2D eigenvalue weighted by Crippen LogP contribution is -2.34. The van der Waals surface area contributed by atoms with E-state index in [-0.39, 0.29) is 11.5 Å². The van der Waals surface area contributed by atoms with Crippen molar-refractivity contribution in [2.45, 2.75) is 13.5 Å². The number of carbonyl (C=O) groups is 1. The van der Waals surface area contributed by atoms with E-state index in [2.05, 4.69) is 16.7 Å². The van der Waals surface area contributed by atoms with E-state index in [4.69, 9.17) is 4.74 Å². The Balaban J connectivity index is 2.05. The summed E-state index contributed by atoms with van der Waals surface area (Å²) in [4.78, 5) is 24.1. The molecule has 0 saturated carbocycles. The lowest BCUT2D eigenvalue weighted by atomic mass is 9.97. The molecule has 7 nitrogen and oxygen atoms in total. The van der Waals surface area contributed by atoms with Crippen molar-refractivity contribution in [3.63, 3.8) is 0 Å². The monoisotopic (exact) mass is 404 g/mol. The van der Waals surface area contributed by atoms with E-state index in [1.807, 2.05) is 30.3 Å². The van der Waals surface area contributed by atoms with Gasteiger partial charge in [-0.25, -0.2) is 0 Å². The molecule has 1 amide bonds. The molecule has 0 fully saturated rings. The van der Waals surface area contributed by atoms with Crippen molar-refractivity contribution < 1.29 is 9.53 Å². The van der Waals surface area contributed by atoms with Gasteiger partial charge in [-0.05, 0) is 23.8 Å². The van der Waals surface area contributed by atoms with Gasteiger partial charge in [0.05, 0.1) is 7.11 Å². The van der Waals surface area contributed by atoms with Crippen molar-refractivity contribution in [1.82, 2.24) is 15.2 Å².